The second kappa shape index (κ2) is 14.5. The monoisotopic (exact) mass is 700 g/mol. The molecule has 5 aromatic rings. The number of esters is 1. The SMILES string of the molecule is CCOC(=O)C1=C(c2ccccc2)N=c2s/c(=C\c3ccc(OCc4ccc(Cl)cc4Cl)c(OC)c3)c(=O)n2[C@H]1c1cccc(OC)c1. The summed E-state index contributed by atoms with van der Waals surface area (Å²) in [5.41, 5.74) is 3.29. The molecule has 0 spiro atoms. The number of methoxy groups -OCH3 is 2. The summed E-state index contributed by atoms with van der Waals surface area (Å²) < 4.78 is 24.7. The zero-order chi connectivity index (χ0) is 33.8. The lowest BCUT2D eigenvalue weighted by Crippen LogP contribution is -2.40. The fourth-order valence-electron chi connectivity index (χ4n) is 5.41. The Balaban J connectivity index is 1.47. The van der Waals surface area contributed by atoms with Gasteiger partial charge in [-0.15, -0.1) is 0 Å². The zero-order valence-electron chi connectivity index (χ0n) is 26.2. The van der Waals surface area contributed by atoms with Gasteiger partial charge in [-0.05, 0) is 60.5 Å². The number of aromatic nitrogens is 1. The molecule has 0 bridgehead atoms. The molecule has 0 saturated carbocycles. The van der Waals surface area contributed by atoms with Crippen LogP contribution in [0, 0.1) is 0 Å². The second-order valence-electron chi connectivity index (χ2n) is 10.6. The van der Waals surface area contributed by atoms with Gasteiger partial charge in [0.15, 0.2) is 16.3 Å². The molecule has 0 N–H and O–H groups in total. The molecule has 48 heavy (non-hydrogen) atoms. The first kappa shape index (κ1) is 33.1. The van der Waals surface area contributed by atoms with Gasteiger partial charge in [-0.25, -0.2) is 9.79 Å². The maximum absolute atomic E-state index is 14.3. The highest BCUT2D eigenvalue weighted by molar-refractivity contribution is 7.07. The first-order chi connectivity index (χ1) is 23.3. The highest BCUT2D eigenvalue weighted by Crippen LogP contribution is 2.36. The van der Waals surface area contributed by atoms with Crippen molar-refractivity contribution in [1.82, 2.24) is 4.57 Å². The van der Waals surface area contributed by atoms with Crippen LogP contribution in [0.2, 0.25) is 10.0 Å². The van der Waals surface area contributed by atoms with Gasteiger partial charge >= 0.3 is 5.97 Å². The van der Waals surface area contributed by atoms with Gasteiger partial charge < -0.3 is 18.9 Å². The Kier molecular flexibility index (Phi) is 10.0. The van der Waals surface area contributed by atoms with E-state index in [0.29, 0.717) is 53.5 Å². The molecule has 0 saturated heterocycles. The third-order valence-corrected chi connectivity index (χ3v) is 9.24. The molecule has 11 heteroatoms. The van der Waals surface area contributed by atoms with Gasteiger partial charge in [-0.1, -0.05) is 89.1 Å². The van der Waals surface area contributed by atoms with E-state index in [1.807, 2.05) is 60.7 Å². The summed E-state index contributed by atoms with van der Waals surface area (Å²) in [7, 11) is 3.12. The van der Waals surface area contributed by atoms with Crippen LogP contribution in [0.15, 0.2) is 106 Å². The quantitative estimate of drug-likeness (QED) is 0.148. The van der Waals surface area contributed by atoms with Crippen molar-refractivity contribution in [2.45, 2.75) is 19.6 Å². The minimum atomic E-state index is -0.822. The third kappa shape index (κ3) is 6.75. The summed E-state index contributed by atoms with van der Waals surface area (Å²) in [5.74, 6) is 1.02. The van der Waals surface area contributed by atoms with E-state index >= 15 is 0 Å². The molecule has 8 nitrogen and oxygen atoms in total. The number of rotatable bonds is 10. The van der Waals surface area contributed by atoms with Crippen LogP contribution in [0.1, 0.15) is 35.2 Å². The molecule has 1 aliphatic heterocycles. The van der Waals surface area contributed by atoms with E-state index in [9.17, 15) is 9.59 Å². The molecule has 4 aromatic carbocycles. The summed E-state index contributed by atoms with van der Waals surface area (Å²) in [6.07, 6.45) is 1.77. The molecule has 2 heterocycles. The molecular formula is C37H30Cl2N2O6S. The van der Waals surface area contributed by atoms with E-state index in [1.54, 1.807) is 62.1 Å². The normalized spacial score (nSPS) is 14.3. The fraction of sp³-hybridized carbons (Fsp3) is 0.162. The maximum Gasteiger partial charge on any atom is 0.338 e. The largest absolute Gasteiger partial charge is 0.497 e. The standard InChI is InChI=1S/C37H30Cl2N2O6S/c1-4-46-36(43)32-33(23-9-6-5-7-10-23)40-37-41(34(32)24-11-8-12-27(19-24)44-2)35(42)31(48-37)18-22-13-16-29(30(17-22)45-3)47-21-25-14-15-26(38)20-28(25)39/h5-20,34H,4,21H2,1-3H3/b31-18-/t34-/m0/s1. The average Bonchev–Trinajstić information content (AvgIpc) is 3.41. The highest BCUT2D eigenvalue weighted by atomic mass is 35.5. The van der Waals surface area contributed by atoms with Gasteiger partial charge in [0.2, 0.25) is 0 Å². The predicted molar refractivity (Wildman–Crippen MR) is 188 cm³/mol. The van der Waals surface area contributed by atoms with Crippen molar-refractivity contribution in [3.05, 3.63) is 149 Å². The van der Waals surface area contributed by atoms with E-state index in [4.69, 9.17) is 47.1 Å². The number of nitrogens with zero attached hydrogens (tertiary/aromatic N) is 2. The van der Waals surface area contributed by atoms with E-state index in [1.165, 1.54) is 11.3 Å². The van der Waals surface area contributed by atoms with E-state index in [0.717, 1.165) is 11.1 Å². The van der Waals surface area contributed by atoms with E-state index in [2.05, 4.69) is 0 Å². The first-order valence-corrected chi connectivity index (χ1v) is 16.6. The number of hydrogen-bond acceptors (Lipinski definition) is 8. The number of thiazole rings is 1. The Labute approximate surface area is 290 Å². The van der Waals surface area contributed by atoms with Crippen LogP contribution in [0.25, 0.3) is 11.8 Å². The predicted octanol–water partition coefficient (Wildman–Crippen LogP) is 6.84. The van der Waals surface area contributed by atoms with Gasteiger partial charge in [0.25, 0.3) is 5.56 Å². The molecule has 6 rings (SSSR count). The van der Waals surface area contributed by atoms with Crippen LogP contribution in [-0.2, 0) is 16.1 Å². The Morgan fingerprint density at radius 1 is 0.938 bits per heavy atom. The Hall–Kier alpha value is -4.83. The number of carbonyl (C=O) groups is 1. The lowest BCUT2D eigenvalue weighted by molar-refractivity contribution is -0.138. The van der Waals surface area contributed by atoms with Crippen molar-refractivity contribution in [2.75, 3.05) is 20.8 Å². The average molecular weight is 702 g/mol. The smallest absolute Gasteiger partial charge is 0.338 e. The van der Waals surface area contributed by atoms with Crippen molar-refractivity contribution in [2.24, 2.45) is 4.99 Å². The lowest BCUT2D eigenvalue weighted by atomic mass is 9.93. The number of halogens is 2. The van der Waals surface area contributed by atoms with Gasteiger partial charge in [0.1, 0.15) is 12.4 Å². The Bertz CT molecular complexity index is 2210. The second-order valence-corrected chi connectivity index (χ2v) is 12.5. The van der Waals surface area contributed by atoms with Crippen molar-refractivity contribution < 1.29 is 23.7 Å². The molecule has 0 aliphatic carbocycles. The van der Waals surface area contributed by atoms with Crippen molar-refractivity contribution in [3.63, 3.8) is 0 Å². The summed E-state index contributed by atoms with van der Waals surface area (Å²) in [4.78, 5) is 33.3. The molecule has 244 valence electrons. The van der Waals surface area contributed by atoms with Crippen molar-refractivity contribution in [3.8, 4) is 17.2 Å². The number of hydrogen-bond donors (Lipinski definition) is 0. The number of ether oxygens (including phenoxy) is 4. The molecule has 0 fully saturated rings. The molecule has 1 aliphatic rings. The molecule has 0 unspecified atom stereocenters. The van der Waals surface area contributed by atoms with Crippen LogP contribution >= 0.6 is 34.5 Å². The molecule has 0 amide bonds. The van der Waals surface area contributed by atoms with Crippen LogP contribution in [0.3, 0.4) is 0 Å². The van der Waals surface area contributed by atoms with Crippen LogP contribution < -0.4 is 29.1 Å². The third-order valence-electron chi connectivity index (χ3n) is 7.67. The minimum Gasteiger partial charge on any atom is -0.497 e. The van der Waals surface area contributed by atoms with Gasteiger partial charge in [0, 0.05) is 21.2 Å². The molecule has 1 aromatic heterocycles. The van der Waals surface area contributed by atoms with E-state index in [-0.39, 0.29) is 24.3 Å². The maximum atomic E-state index is 14.3. The van der Waals surface area contributed by atoms with Gasteiger partial charge in [0.05, 0.1) is 42.7 Å². The van der Waals surface area contributed by atoms with Crippen molar-refractivity contribution >= 4 is 52.3 Å². The topological polar surface area (TPSA) is 88.4 Å². The van der Waals surface area contributed by atoms with Crippen LogP contribution in [-0.4, -0.2) is 31.4 Å². The van der Waals surface area contributed by atoms with Crippen molar-refractivity contribution in [1.29, 1.82) is 0 Å². The minimum absolute atomic E-state index is 0.161. The zero-order valence-corrected chi connectivity index (χ0v) is 28.6. The number of fused-ring (bicyclic) bond motifs is 1. The molecule has 1 atom stereocenters. The Morgan fingerprint density at radius 3 is 2.48 bits per heavy atom. The summed E-state index contributed by atoms with van der Waals surface area (Å²) >= 11 is 13.6. The van der Waals surface area contributed by atoms with Crippen LogP contribution in [0.5, 0.6) is 17.2 Å². The summed E-state index contributed by atoms with van der Waals surface area (Å²) in [6.45, 7) is 2.11. The fourth-order valence-corrected chi connectivity index (χ4v) is 6.87. The molecular weight excluding hydrogens is 671 g/mol. The van der Waals surface area contributed by atoms with Gasteiger partial charge in [-0.2, -0.15) is 0 Å². The lowest BCUT2D eigenvalue weighted by Gasteiger charge is -2.26. The summed E-state index contributed by atoms with van der Waals surface area (Å²) in [6, 6.07) is 26.5. The van der Waals surface area contributed by atoms with E-state index < -0.39 is 12.0 Å². The summed E-state index contributed by atoms with van der Waals surface area (Å²) in [5, 5.41) is 1.04. The number of benzene rings is 4. The van der Waals surface area contributed by atoms with Crippen LogP contribution in [0.4, 0.5) is 0 Å². The first-order valence-electron chi connectivity index (χ1n) is 15.0. The highest BCUT2D eigenvalue weighted by Gasteiger charge is 2.35. The molecule has 0 radical (unpaired) electrons. The Morgan fingerprint density at radius 2 is 1.75 bits per heavy atom. The number of carbonyl (C=O) groups excluding carboxylic acids is 1. The van der Waals surface area contributed by atoms with Gasteiger partial charge in [-0.3, -0.25) is 9.36 Å².